The zero-order valence-corrected chi connectivity index (χ0v) is 12.1. The average Bonchev–Trinajstić information content (AvgIpc) is 2.79. The van der Waals surface area contributed by atoms with Crippen LogP contribution in [0.15, 0.2) is 42.6 Å². The summed E-state index contributed by atoms with van der Waals surface area (Å²) in [6.45, 7) is 5.01. The molecule has 0 spiro atoms. The standard InChI is InChI=1S/C17H19N3/c1-12-4-7-14(8-5-12)17-15(10-18-3)20-11-13(2)6-9-16(20)19-17/h4-9,11,18H,10H2,1-3H3. The Hall–Kier alpha value is -2.13. The van der Waals surface area contributed by atoms with E-state index in [1.54, 1.807) is 0 Å². The molecule has 3 heteroatoms. The van der Waals surface area contributed by atoms with Gasteiger partial charge in [-0.2, -0.15) is 0 Å². The fraction of sp³-hybridized carbons (Fsp3) is 0.235. The summed E-state index contributed by atoms with van der Waals surface area (Å²) in [4.78, 5) is 4.80. The number of aromatic nitrogens is 2. The Balaban J connectivity index is 2.23. The third kappa shape index (κ3) is 2.21. The number of imidazole rings is 1. The van der Waals surface area contributed by atoms with E-state index in [4.69, 9.17) is 4.98 Å². The second kappa shape index (κ2) is 5.10. The fourth-order valence-electron chi connectivity index (χ4n) is 2.48. The third-order valence-electron chi connectivity index (χ3n) is 3.53. The van der Waals surface area contributed by atoms with Crippen molar-refractivity contribution >= 4 is 5.65 Å². The number of rotatable bonds is 3. The molecule has 0 aliphatic heterocycles. The van der Waals surface area contributed by atoms with Crippen LogP contribution < -0.4 is 5.32 Å². The minimum absolute atomic E-state index is 0.799. The van der Waals surface area contributed by atoms with Crippen LogP contribution in [0.5, 0.6) is 0 Å². The number of aryl methyl sites for hydroxylation is 2. The Morgan fingerprint density at radius 1 is 1.00 bits per heavy atom. The molecule has 3 rings (SSSR count). The maximum absolute atomic E-state index is 4.80. The average molecular weight is 265 g/mol. The van der Waals surface area contributed by atoms with Crippen LogP contribution >= 0.6 is 0 Å². The van der Waals surface area contributed by atoms with Gasteiger partial charge in [0.15, 0.2) is 0 Å². The van der Waals surface area contributed by atoms with Crippen LogP contribution in [0, 0.1) is 13.8 Å². The summed E-state index contributed by atoms with van der Waals surface area (Å²) in [5.74, 6) is 0. The van der Waals surface area contributed by atoms with Crippen LogP contribution in [0.25, 0.3) is 16.9 Å². The highest BCUT2D eigenvalue weighted by molar-refractivity contribution is 5.67. The first-order valence-electron chi connectivity index (χ1n) is 6.88. The molecule has 20 heavy (non-hydrogen) atoms. The number of benzene rings is 1. The highest BCUT2D eigenvalue weighted by Gasteiger charge is 2.13. The Morgan fingerprint density at radius 3 is 2.40 bits per heavy atom. The van der Waals surface area contributed by atoms with Crippen molar-refractivity contribution in [3.8, 4) is 11.3 Å². The molecule has 0 fully saturated rings. The quantitative estimate of drug-likeness (QED) is 0.787. The van der Waals surface area contributed by atoms with Gasteiger partial charge in [0.25, 0.3) is 0 Å². The van der Waals surface area contributed by atoms with Gasteiger partial charge in [-0.05, 0) is 32.5 Å². The van der Waals surface area contributed by atoms with E-state index in [2.05, 4.69) is 66.2 Å². The molecule has 0 unspecified atom stereocenters. The lowest BCUT2D eigenvalue weighted by Gasteiger charge is -2.05. The molecule has 1 N–H and O–H groups in total. The Labute approximate surface area is 119 Å². The summed E-state index contributed by atoms with van der Waals surface area (Å²) < 4.78 is 2.18. The normalized spacial score (nSPS) is 11.2. The van der Waals surface area contributed by atoms with Crippen LogP contribution in [-0.2, 0) is 6.54 Å². The largest absolute Gasteiger partial charge is 0.314 e. The molecule has 3 nitrogen and oxygen atoms in total. The van der Waals surface area contributed by atoms with Crippen molar-refractivity contribution in [2.75, 3.05) is 7.05 Å². The van der Waals surface area contributed by atoms with E-state index >= 15 is 0 Å². The van der Waals surface area contributed by atoms with Crippen molar-refractivity contribution in [2.24, 2.45) is 0 Å². The third-order valence-corrected chi connectivity index (χ3v) is 3.53. The van der Waals surface area contributed by atoms with E-state index in [-0.39, 0.29) is 0 Å². The van der Waals surface area contributed by atoms with Gasteiger partial charge in [-0.15, -0.1) is 0 Å². The Morgan fingerprint density at radius 2 is 1.70 bits per heavy atom. The molecule has 1 aromatic carbocycles. The summed E-state index contributed by atoms with van der Waals surface area (Å²) in [5.41, 5.74) is 6.94. The van der Waals surface area contributed by atoms with Gasteiger partial charge in [-0.1, -0.05) is 35.9 Å². The minimum atomic E-state index is 0.799. The molecule has 0 amide bonds. The highest BCUT2D eigenvalue weighted by atomic mass is 15.0. The second-order valence-electron chi connectivity index (χ2n) is 5.24. The first-order valence-corrected chi connectivity index (χ1v) is 6.88. The van der Waals surface area contributed by atoms with Crippen LogP contribution in [0.3, 0.4) is 0 Å². The molecule has 0 atom stereocenters. The molecular weight excluding hydrogens is 246 g/mol. The van der Waals surface area contributed by atoms with Gasteiger partial charge in [-0.25, -0.2) is 4.98 Å². The topological polar surface area (TPSA) is 29.3 Å². The molecule has 0 aliphatic rings. The van der Waals surface area contributed by atoms with Gasteiger partial charge in [0.05, 0.1) is 11.4 Å². The van der Waals surface area contributed by atoms with Gasteiger partial charge in [0.2, 0.25) is 0 Å². The van der Waals surface area contributed by atoms with Crippen molar-refractivity contribution in [1.29, 1.82) is 0 Å². The summed E-state index contributed by atoms with van der Waals surface area (Å²) >= 11 is 0. The Bertz CT molecular complexity index is 739. The lowest BCUT2D eigenvalue weighted by Crippen LogP contribution is -2.08. The first-order chi connectivity index (χ1) is 9.69. The molecule has 0 aliphatic carbocycles. The zero-order valence-electron chi connectivity index (χ0n) is 12.1. The smallest absolute Gasteiger partial charge is 0.137 e. The van der Waals surface area contributed by atoms with Gasteiger partial charge < -0.3 is 9.72 Å². The van der Waals surface area contributed by atoms with Gasteiger partial charge in [-0.3, -0.25) is 0 Å². The van der Waals surface area contributed by atoms with Crippen molar-refractivity contribution in [1.82, 2.24) is 14.7 Å². The monoisotopic (exact) mass is 265 g/mol. The minimum Gasteiger partial charge on any atom is -0.314 e. The molecule has 0 saturated carbocycles. The van der Waals surface area contributed by atoms with E-state index in [9.17, 15) is 0 Å². The van der Waals surface area contributed by atoms with Crippen LogP contribution in [0.1, 0.15) is 16.8 Å². The highest BCUT2D eigenvalue weighted by Crippen LogP contribution is 2.25. The lowest BCUT2D eigenvalue weighted by atomic mass is 10.1. The van der Waals surface area contributed by atoms with Gasteiger partial charge >= 0.3 is 0 Å². The molecule has 3 aromatic rings. The van der Waals surface area contributed by atoms with E-state index in [0.717, 1.165) is 17.9 Å². The van der Waals surface area contributed by atoms with Gasteiger partial charge in [0.1, 0.15) is 5.65 Å². The number of nitrogens with one attached hydrogen (secondary N) is 1. The van der Waals surface area contributed by atoms with Crippen molar-refractivity contribution in [3.05, 3.63) is 59.4 Å². The summed E-state index contributed by atoms with van der Waals surface area (Å²) in [7, 11) is 1.97. The van der Waals surface area contributed by atoms with Crippen molar-refractivity contribution in [2.45, 2.75) is 20.4 Å². The van der Waals surface area contributed by atoms with Crippen LogP contribution in [0.2, 0.25) is 0 Å². The maximum Gasteiger partial charge on any atom is 0.137 e. The molecule has 0 radical (unpaired) electrons. The Kier molecular flexibility index (Phi) is 3.28. The fourth-order valence-corrected chi connectivity index (χ4v) is 2.48. The van der Waals surface area contributed by atoms with Crippen LogP contribution in [-0.4, -0.2) is 16.4 Å². The van der Waals surface area contributed by atoms with E-state index < -0.39 is 0 Å². The molecule has 2 aromatic heterocycles. The number of hydrogen-bond acceptors (Lipinski definition) is 2. The van der Waals surface area contributed by atoms with E-state index in [1.807, 2.05) is 7.05 Å². The van der Waals surface area contributed by atoms with Gasteiger partial charge in [0, 0.05) is 18.3 Å². The molecular formula is C17H19N3. The molecule has 0 bridgehead atoms. The number of fused-ring (bicyclic) bond motifs is 1. The SMILES string of the molecule is CNCc1c(-c2ccc(C)cc2)nc2ccc(C)cn12. The lowest BCUT2D eigenvalue weighted by molar-refractivity contribution is 0.783. The van der Waals surface area contributed by atoms with Crippen molar-refractivity contribution in [3.63, 3.8) is 0 Å². The molecule has 102 valence electrons. The van der Waals surface area contributed by atoms with E-state index in [0.29, 0.717) is 0 Å². The predicted octanol–water partition coefficient (Wildman–Crippen LogP) is 3.34. The van der Waals surface area contributed by atoms with Crippen molar-refractivity contribution < 1.29 is 0 Å². The van der Waals surface area contributed by atoms with E-state index in [1.165, 1.54) is 22.4 Å². The predicted molar refractivity (Wildman–Crippen MR) is 82.9 cm³/mol. The summed E-state index contributed by atoms with van der Waals surface area (Å²) in [6, 6.07) is 12.7. The first kappa shape index (κ1) is 12.9. The zero-order chi connectivity index (χ0) is 14.1. The molecule has 2 heterocycles. The number of pyridine rings is 1. The second-order valence-corrected chi connectivity index (χ2v) is 5.24. The number of hydrogen-bond donors (Lipinski definition) is 1. The summed E-state index contributed by atoms with van der Waals surface area (Å²) in [5, 5.41) is 3.24. The molecule has 0 saturated heterocycles. The van der Waals surface area contributed by atoms with Crippen LogP contribution in [0.4, 0.5) is 0 Å². The summed E-state index contributed by atoms with van der Waals surface area (Å²) in [6.07, 6.45) is 2.15. The number of nitrogens with zero attached hydrogens (tertiary/aromatic N) is 2. The maximum atomic E-state index is 4.80.